The lowest BCUT2D eigenvalue weighted by Crippen LogP contribution is -2.15. The zero-order valence-corrected chi connectivity index (χ0v) is 15.1. The van der Waals surface area contributed by atoms with Crippen LogP contribution in [0.25, 0.3) is 0 Å². The minimum atomic E-state index is 0.601. The lowest BCUT2D eigenvalue weighted by molar-refractivity contribution is 0.324. The van der Waals surface area contributed by atoms with Crippen molar-refractivity contribution in [1.82, 2.24) is 0 Å². The molecule has 0 unspecified atom stereocenters. The Morgan fingerprint density at radius 1 is 0.880 bits per heavy atom. The number of hydrogen-bond donors (Lipinski definition) is 0. The molecule has 0 aromatic heterocycles. The summed E-state index contributed by atoms with van der Waals surface area (Å²) in [5.74, 6) is 2.80. The van der Waals surface area contributed by atoms with Gasteiger partial charge in [-0.05, 0) is 53.4 Å². The van der Waals surface area contributed by atoms with E-state index in [4.69, 9.17) is 23.9 Å². The van der Waals surface area contributed by atoms with Crippen LogP contribution in [-0.2, 0) is 12.8 Å². The van der Waals surface area contributed by atoms with Crippen LogP contribution < -0.4 is 18.9 Å². The Bertz CT molecular complexity index is 773. The van der Waals surface area contributed by atoms with E-state index in [1.165, 1.54) is 11.1 Å². The van der Waals surface area contributed by atoms with Gasteiger partial charge in [0, 0.05) is 18.7 Å². The van der Waals surface area contributed by atoms with E-state index in [1.54, 1.807) is 28.4 Å². The van der Waals surface area contributed by atoms with Gasteiger partial charge in [0.1, 0.15) is 5.75 Å². The molecule has 2 aromatic carbocycles. The maximum Gasteiger partial charge on any atom is 0.203 e. The highest BCUT2D eigenvalue weighted by Crippen LogP contribution is 2.38. The first-order valence-corrected chi connectivity index (χ1v) is 8.19. The van der Waals surface area contributed by atoms with Gasteiger partial charge in [-0.15, -0.1) is 0 Å². The molecule has 0 saturated heterocycles. The zero-order chi connectivity index (χ0) is 17.8. The third kappa shape index (κ3) is 3.40. The third-order valence-electron chi connectivity index (χ3n) is 4.40. The highest BCUT2D eigenvalue weighted by atomic mass is 16.5. The van der Waals surface area contributed by atoms with Crippen LogP contribution in [0, 0.1) is 0 Å². The predicted octanol–water partition coefficient (Wildman–Crippen LogP) is 3.31. The molecule has 1 aliphatic rings. The summed E-state index contributed by atoms with van der Waals surface area (Å²) in [6, 6.07) is 10.1. The summed E-state index contributed by atoms with van der Waals surface area (Å²) in [7, 11) is 6.55. The van der Waals surface area contributed by atoms with E-state index < -0.39 is 0 Å². The van der Waals surface area contributed by atoms with Crippen molar-refractivity contribution in [2.24, 2.45) is 4.99 Å². The lowest BCUT2D eigenvalue weighted by Gasteiger charge is -2.19. The Labute approximate surface area is 148 Å². The fraction of sp³-hybridized carbons (Fsp3) is 0.350. The van der Waals surface area contributed by atoms with E-state index in [9.17, 15) is 0 Å². The van der Waals surface area contributed by atoms with Crippen molar-refractivity contribution < 1.29 is 18.9 Å². The fourth-order valence-electron chi connectivity index (χ4n) is 3.16. The topological polar surface area (TPSA) is 49.3 Å². The van der Waals surface area contributed by atoms with Gasteiger partial charge < -0.3 is 18.9 Å². The number of fused-ring (bicyclic) bond motifs is 1. The molecule has 132 valence electrons. The van der Waals surface area contributed by atoms with Crippen LogP contribution in [0.5, 0.6) is 23.0 Å². The molecular formula is C20H23NO4. The summed E-state index contributed by atoms with van der Waals surface area (Å²) in [6.07, 6.45) is 1.64. The maximum absolute atomic E-state index is 5.45. The van der Waals surface area contributed by atoms with Gasteiger partial charge in [-0.25, -0.2) is 0 Å². The predicted molar refractivity (Wildman–Crippen MR) is 97.9 cm³/mol. The summed E-state index contributed by atoms with van der Waals surface area (Å²) in [5.41, 5.74) is 4.59. The lowest BCUT2D eigenvalue weighted by atomic mass is 9.93. The average Bonchev–Trinajstić information content (AvgIpc) is 2.66. The van der Waals surface area contributed by atoms with E-state index >= 15 is 0 Å². The van der Waals surface area contributed by atoms with Crippen molar-refractivity contribution in [3.8, 4) is 23.0 Å². The summed E-state index contributed by atoms with van der Waals surface area (Å²) < 4.78 is 21.6. The number of methoxy groups -OCH3 is 4. The third-order valence-corrected chi connectivity index (χ3v) is 4.40. The second-order valence-electron chi connectivity index (χ2n) is 5.81. The van der Waals surface area contributed by atoms with Gasteiger partial charge in [-0.3, -0.25) is 4.99 Å². The molecule has 2 aromatic rings. The Balaban J connectivity index is 1.94. The van der Waals surface area contributed by atoms with Crippen molar-refractivity contribution in [2.45, 2.75) is 12.8 Å². The second kappa shape index (κ2) is 7.47. The molecule has 1 aliphatic heterocycles. The van der Waals surface area contributed by atoms with E-state index in [1.807, 2.05) is 18.2 Å². The largest absolute Gasteiger partial charge is 0.497 e. The van der Waals surface area contributed by atoms with Crippen molar-refractivity contribution in [1.29, 1.82) is 0 Å². The average molecular weight is 341 g/mol. The molecule has 3 rings (SSSR count). The van der Waals surface area contributed by atoms with Crippen LogP contribution in [0.15, 0.2) is 35.3 Å². The van der Waals surface area contributed by atoms with E-state index in [0.717, 1.165) is 30.0 Å². The number of ether oxygens (including phenoxy) is 4. The van der Waals surface area contributed by atoms with Crippen molar-refractivity contribution >= 4 is 5.71 Å². The summed E-state index contributed by atoms with van der Waals surface area (Å²) in [4.78, 5) is 4.74. The molecule has 0 radical (unpaired) electrons. The standard InChI is InChI=1S/C20H23NO4/c1-22-15-5-6-16-14(12-15)7-8-21-17(16)9-13-10-18(23-2)20(25-4)19(11-13)24-3/h5-6,10-12H,7-9H2,1-4H3. The maximum atomic E-state index is 5.45. The molecule has 0 aliphatic carbocycles. The molecule has 1 heterocycles. The van der Waals surface area contributed by atoms with Gasteiger partial charge in [-0.1, -0.05) is 0 Å². The molecular weight excluding hydrogens is 318 g/mol. The fourth-order valence-corrected chi connectivity index (χ4v) is 3.16. The Hall–Kier alpha value is -2.69. The number of hydrogen-bond acceptors (Lipinski definition) is 5. The summed E-state index contributed by atoms with van der Waals surface area (Å²) in [5, 5.41) is 0. The van der Waals surface area contributed by atoms with Crippen LogP contribution in [0.3, 0.4) is 0 Å². The Morgan fingerprint density at radius 3 is 2.20 bits per heavy atom. The molecule has 0 amide bonds. The normalized spacial score (nSPS) is 12.9. The monoisotopic (exact) mass is 341 g/mol. The van der Waals surface area contributed by atoms with Crippen molar-refractivity contribution in [3.63, 3.8) is 0 Å². The number of benzene rings is 2. The first-order chi connectivity index (χ1) is 12.2. The van der Waals surface area contributed by atoms with Crippen molar-refractivity contribution in [3.05, 3.63) is 47.0 Å². The molecule has 0 spiro atoms. The highest BCUT2D eigenvalue weighted by Gasteiger charge is 2.18. The Kier molecular flexibility index (Phi) is 5.12. The van der Waals surface area contributed by atoms with Crippen molar-refractivity contribution in [2.75, 3.05) is 35.0 Å². The van der Waals surface area contributed by atoms with E-state index in [-0.39, 0.29) is 0 Å². The van der Waals surface area contributed by atoms with Gasteiger partial charge in [0.25, 0.3) is 0 Å². The van der Waals surface area contributed by atoms with E-state index in [2.05, 4.69) is 12.1 Å². The quantitative estimate of drug-likeness (QED) is 0.809. The van der Waals surface area contributed by atoms with Crippen LogP contribution in [0.1, 0.15) is 16.7 Å². The molecule has 5 heteroatoms. The minimum absolute atomic E-state index is 0.601. The van der Waals surface area contributed by atoms with E-state index in [0.29, 0.717) is 23.7 Å². The van der Waals surface area contributed by atoms with Crippen LogP contribution >= 0.6 is 0 Å². The molecule has 0 fully saturated rings. The van der Waals surface area contributed by atoms with Gasteiger partial charge in [-0.2, -0.15) is 0 Å². The molecule has 0 bridgehead atoms. The first kappa shape index (κ1) is 17.1. The smallest absolute Gasteiger partial charge is 0.203 e. The van der Waals surface area contributed by atoms with Gasteiger partial charge in [0.15, 0.2) is 11.5 Å². The van der Waals surface area contributed by atoms with Crippen LogP contribution in [0.2, 0.25) is 0 Å². The second-order valence-corrected chi connectivity index (χ2v) is 5.81. The molecule has 5 nitrogen and oxygen atoms in total. The SMILES string of the molecule is COc1ccc2c(c1)CCN=C2Cc1cc(OC)c(OC)c(OC)c1. The minimum Gasteiger partial charge on any atom is -0.497 e. The molecule has 0 atom stereocenters. The molecule has 25 heavy (non-hydrogen) atoms. The van der Waals surface area contributed by atoms with Crippen LogP contribution in [0.4, 0.5) is 0 Å². The van der Waals surface area contributed by atoms with Gasteiger partial charge in [0.05, 0.1) is 28.4 Å². The van der Waals surface area contributed by atoms with Gasteiger partial charge in [0.2, 0.25) is 5.75 Å². The molecule has 0 N–H and O–H groups in total. The summed E-state index contributed by atoms with van der Waals surface area (Å²) >= 11 is 0. The highest BCUT2D eigenvalue weighted by molar-refractivity contribution is 6.04. The Morgan fingerprint density at radius 2 is 1.60 bits per heavy atom. The zero-order valence-electron chi connectivity index (χ0n) is 15.1. The number of rotatable bonds is 6. The molecule has 0 saturated carbocycles. The van der Waals surface area contributed by atoms with Crippen LogP contribution in [-0.4, -0.2) is 40.7 Å². The number of aliphatic imine (C=N–C) groups is 1. The summed E-state index contributed by atoms with van der Waals surface area (Å²) in [6.45, 7) is 0.792. The van der Waals surface area contributed by atoms with Gasteiger partial charge >= 0.3 is 0 Å². The number of nitrogens with zero attached hydrogens (tertiary/aromatic N) is 1. The first-order valence-electron chi connectivity index (χ1n) is 8.19.